The summed E-state index contributed by atoms with van der Waals surface area (Å²) in [5.41, 5.74) is 2.45. The van der Waals surface area contributed by atoms with E-state index in [1.165, 1.54) is 11.1 Å². The van der Waals surface area contributed by atoms with Crippen molar-refractivity contribution < 1.29 is 14.2 Å². The van der Waals surface area contributed by atoms with Crippen molar-refractivity contribution in [1.29, 1.82) is 0 Å². The number of aryl methyl sites for hydroxylation is 1. The number of rotatable bonds is 8. The van der Waals surface area contributed by atoms with Gasteiger partial charge in [-0.15, -0.1) is 0 Å². The van der Waals surface area contributed by atoms with Crippen LogP contribution < -0.4 is 4.74 Å². The molecule has 0 fully saturated rings. The first kappa shape index (κ1) is 14.0. The van der Waals surface area contributed by atoms with Crippen LogP contribution in [0.3, 0.4) is 0 Å². The SMILES string of the molecule is COCCCOCCOc1cccc(C)c1C. The largest absolute Gasteiger partial charge is 0.491 e. The average Bonchev–Trinajstić information content (AvgIpc) is 2.33. The second-order valence-corrected chi connectivity index (χ2v) is 4.01. The van der Waals surface area contributed by atoms with Gasteiger partial charge in [-0.2, -0.15) is 0 Å². The Labute approximate surface area is 104 Å². The Morgan fingerprint density at radius 2 is 1.82 bits per heavy atom. The normalized spacial score (nSPS) is 10.5. The van der Waals surface area contributed by atoms with Crippen molar-refractivity contribution in [3.8, 4) is 5.75 Å². The molecule has 0 radical (unpaired) electrons. The Morgan fingerprint density at radius 1 is 1.00 bits per heavy atom. The van der Waals surface area contributed by atoms with Crippen LogP contribution in [-0.4, -0.2) is 33.5 Å². The van der Waals surface area contributed by atoms with Crippen LogP contribution in [0, 0.1) is 13.8 Å². The van der Waals surface area contributed by atoms with E-state index in [-0.39, 0.29) is 0 Å². The topological polar surface area (TPSA) is 27.7 Å². The summed E-state index contributed by atoms with van der Waals surface area (Å²) in [6.45, 7) is 6.85. The highest BCUT2D eigenvalue weighted by Gasteiger charge is 2.00. The Hall–Kier alpha value is -1.06. The van der Waals surface area contributed by atoms with Crippen LogP contribution in [0.2, 0.25) is 0 Å². The third-order valence-electron chi connectivity index (χ3n) is 2.68. The molecule has 0 saturated carbocycles. The van der Waals surface area contributed by atoms with Crippen LogP contribution in [0.1, 0.15) is 17.5 Å². The predicted octanol–water partition coefficient (Wildman–Crippen LogP) is 2.74. The van der Waals surface area contributed by atoms with Crippen molar-refractivity contribution in [1.82, 2.24) is 0 Å². The maximum Gasteiger partial charge on any atom is 0.122 e. The van der Waals surface area contributed by atoms with E-state index in [0.29, 0.717) is 13.2 Å². The fourth-order valence-electron chi connectivity index (χ4n) is 1.50. The van der Waals surface area contributed by atoms with E-state index >= 15 is 0 Å². The van der Waals surface area contributed by atoms with Crippen LogP contribution >= 0.6 is 0 Å². The number of hydrogen-bond acceptors (Lipinski definition) is 3. The lowest BCUT2D eigenvalue weighted by Gasteiger charge is -2.11. The van der Waals surface area contributed by atoms with E-state index in [1.807, 2.05) is 12.1 Å². The van der Waals surface area contributed by atoms with E-state index < -0.39 is 0 Å². The van der Waals surface area contributed by atoms with Gasteiger partial charge in [0, 0.05) is 20.3 Å². The number of methoxy groups -OCH3 is 1. The molecule has 0 aliphatic rings. The summed E-state index contributed by atoms with van der Waals surface area (Å²) >= 11 is 0. The van der Waals surface area contributed by atoms with Gasteiger partial charge in [-0.3, -0.25) is 0 Å². The molecule has 1 rings (SSSR count). The van der Waals surface area contributed by atoms with Crippen molar-refractivity contribution >= 4 is 0 Å². The molecule has 1 aromatic carbocycles. The molecular weight excluding hydrogens is 216 g/mol. The van der Waals surface area contributed by atoms with Gasteiger partial charge in [-0.25, -0.2) is 0 Å². The lowest BCUT2D eigenvalue weighted by molar-refractivity contribution is 0.0805. The van der Waals surface area contributed by atoms with Gasteiger partial charge in [0.15, 0.2) is 0 Å². The van der Waals surface area contributed by atoms with E-state index in [0.717, 1.165) is 25.4 Å². The Balaban J connectivity index is 2.16. The molecule has 0 unspecified atom stereocenters. The zero-order valence-electron chi connectivity index (χ0n) is 11.0. The molecule has 17 heavy (non-hydrogen) atoms. The summed E-state index contributed by atoms with van der Waals surface area (Å²) in [5.74, 6) is 0.950. The molecule has 0 spiro atoms. The van der Waals surface area contributed by atoms with Gasteiger partial charge < -0.3 is 14.2 Å². The van der Waals surface area contributed by atoms with Crippen molar-refractivity contribution in [3.63, 3.8) is 0 Å². The van der Waals surface area contributed by atoms with E-state index in [4.69, 9.17) is 14.2 Å². The van der Waals surface area contributed by atoms with Gasteiger partial charge >= 0.3 is 0 Å². The van der Waals surface area contributed by atoms with Crippen molar-refractivity contribution in [2.45, 2.75) is 20.3 Å². The van der Waals surface area contributed by atoms with Crippen molar-refractivity contribution in [2.24, 2.45) is 0 Å². The summed E-state index contributed by atoms with van der Waals surface area (Å²) < 4.78 is 16.0. The Bertz CT molecular complexity index is 323. The first-order chi connectivity index (χ1) is 8.25. The third kappa shape index (κ3) is 5.20. The average molecular weight is 238 g/mol. The van der Waals surface area contributed by atoms with E-state index in [2.05, 4.69) is 19.9 Å². The van der Waals surface area contributed by atoms with Crippen LogP contribution in [0.5, 0.6) is 5.75 Å². The van der Waals surface area contributed by atoms with Crippen LogP contribution in [0.25, 0.3) is 0 Å². The maximum atomic E-state index is 5.67. The second kappa shape index (κ2) is 8.09. The third-order valence-corrected chi connectivity index (χ3v) is 2.68. The predicted molar refractivity (Wildman–Crippen MR) is 68.7 cm³/mol. The molecule has 0 aromatic heterocycles. The smallest absolute Gasteiger partial charge is 0.122 e. The maximum absolute atomic E-state index is 5.67. The van der Waals surface area contributed by atoms with Crippen LogP contribution in [-0.2, 0) is 9.47 Å². The minimum atomic E-state index is 0.595. The lowest BCUT2D eigenvalue weighted by Crippen LogP contribution is -2.09. The number of ether oxygens (including phenoxy) is 3. The highest BCUT2D eigenvalue weighted by atomic mass is 16.5. The summed E-state index contributed by atoms with van der Waals surface area (Å²) in [6, 6.07) is 6.09. The van der Waals surface area contributed by atoms with Crippen LogP contribution in [0.15, 0.2) is 18.2 Å². The fraction of sp³-hybridized carbons (Fsp3) is 0.571. The minimum Gasteiger partial charge on any atom is -0.491 e. The summed E-state index contributed by atoms with van der Waals surface area (Å²) in [7, 11) is 1.70. The van der Waals surface area contributed by atoms with E-state index in [9.17, 15) is 0 Å². The fourth-order valence-corrected chi connectivity index (χ4v) is 1.50. The standard InChI is InChI=1S/C14H22O3/c1-12-6-4-7-14(13(12)2)17-11-10-16-9-5-8-15-3/h4,6-7H,5,8-11H2,1-3H3. The molecule has 0 N–H and O–H groups in total. The monoisotopic (exact) mass is 238 g/mol. The van der Waals surface area contributed by atoms with Gasteiger partial charge in [-0.1, -0.05) is 12.1 Å². The first-order valence-corrected chi connectivity index (χ1v) is 6.01. The molecule has 0 bridgehead atoms. The van der Waals surface area contributed by atoms with E-state index in [1.54, 1.807) is 7.11 Å². The molecule has 0 aliphatic heterocycles. The van der Waals surface area contributed by atoms with Crippen molar-refractivity contribution in [2.75, 3.05) is 33.5 Å². The molecular formula is C14H22O3. The van der Waals surface area contributed by atoms with Gasteiger partial charge in [0.2, 0.25) is 0 Å². The second-order valence-electron chi connectivity index (χ2n) is 4.01. The molecule has 96 valence electrons. The zero-order valence-corrected chi connectivity index (χ0v) is 11.0. The highest BCUT2D eigenvalue weighted by molar-refractivity contribution is 5.38. The molecule has 0 amide bonds. The summed E-state index contributed by atoms with van der Waals surface area (Å²) in [4.78, 5) is 0. The van der Waals surface area contributed by atoms with Gasteiger partial charge in [0.05, 0.1) is 6.61 Å². The van der Waals surface area contributed by atoms with Gasteiger partial charge in [0.25, 0.3) is 0 Å². The highest BCUT2D eigenvalue weighted by Crippen LogP contribution is 2.20. The van der Waals surface area contributed by atoms with Gasteiger partial charge in [-0.05, 0) is 37.5 Å². The number of benzene rings is 1. The summed E-state index contributed by atoms with van der Waals surface area (Å²) in [5, 5.41) is 0. The Kier molecular flexibility index (Phi) is 6.67. The molecule has 1 aromatic rings. The van der Waals surface area contributed by atoms with Crippen LogP contribution in [0.4, 0.5) is 0 Å². The molecule has 0 heterocycles. The first-order valence-electron chi connectivity index (χ1n) is 6.01. The number of hydrogen-bond donors (Lipinski definition) is 0. The molecule has 0 saturated heterocycles. The van der Waals surface area contributed by atoms with Crippen molar-refractivity contribution in [3.05, 3.63) is 29.3 Å². The minimum absolute atomic E-state index is 0.595. The molecule has 0 aliphatic carbocycles. The summed E-state index contributed by atoms with van der Waals surface area (Å²) in [6.07, 6.45) is 0.931. The zero-order chi connectivity index (χ0) is 12.5. The van der Waals surface area contributed by atoms with Gasteiger partial charge in [0.1, 0.15) is 12.4 Å². The quantitative estimate of drug-likeness (QED) is 0.652. The molecule has 0 atom stereocenters. The molecule has 3 heteroatoms. The molecule has 3 nitrogen and oxygen atoms in total. The lowest BCUT2D eigenvalue weighted by atomic mass is 10.1. The Morgan fingerprint density at radius 3 is 2.59 bits per heavy atom.